The van der Waals surface area contributed by atoms with E-state index in [1.54, 1.807) is 30.3 Å². The van der Waals surface area contributed by atoms with Gasteiger partial charge in [-0.2, -0.15) is 8.42 Å². The fourth-order valence-electron chi connectivity index (χ4n) is 2.41. The second-order valence-electron chi connectivity index (χ2n) is 5.77. The molecule has 1 aromatic rings. The van der Waals surface area contributed by atoms with E-state index < -0.39 is 10.1 Å². The summed E-state index contributed by atoms with van der Waals surface area (Å²) in [5, 5.41) is 0. The van der Waals surface area contributed by atoms with Gasteiger partial charge in [0.2, 0.25) is 0 Å². The molecule has 0 saturated carbocycles. The van der Waals surface area contributed by atoms with Crippen LogP contribution in [-0.4, -0.2) is 15.0 Å². The van der Waals surface area contributed by atoms with Crippen molar-refractivity contribution in [3.63, 3.8) is 0 Å². The van der Waals surface area contributed by atoms with Gasteiger partial charge in [0.05, 0.1) is 11.5 Å². The molecule has 0 N–H and O–H groups in total. The molecule has 0 aliphatic rings. The molecule has 0 atom stereocenters. The molecule has 0 spiro atoms. The van der Waals surface area contributed by atoms with E-state index in [0.29, 0.717) is 0 Å². The zero-order valence-corrected chi connectivity index (χ0v) is 26.6. The number of hydrogen-bond donors (Lipinski definition) is 0. The third kappa shape index (κ3) is 19.1. The van der Waals surface area contributed by atoms with Gasteiger partial charge in [0.15, 0.2) is 0 Å². The minimum Gasteiger partial charge on any atom is -1.00 e. The second-order valence-corrected chi connectivity index (χ2v) is 7.39. The summed E-state index contributed by atoms with van der Waals surface area (Å²) < 4.78 is 28.8. The average Bonchev–Trinajstić information content (AvgIpc) is 2.53. The standard InChI is InChI=1S/C18H30O3S.4Na.4H/c1-2-3-4-5-6-7-8-9-10-14-17-21-22(19,20)18-15-12-11-13-16-18;;;;;;;;/h11-13,15-16H,2-10,14,17H2,1H3;;;;;;;;/q;4*+1;4*-1. The first-order valence-electron chi connectivity index (χ1n) is 8.61. The topological polar surface area (TPSA) is 43.4 Å². The van der Waals surface area contributed by atoms with Crippen LogP contribution in [-0.2, 0) is 14.3 Å². The molecular weight excluding hydrogens is 388 g/mol. The molecule has 0 amide bonds. The van der Waals surface area contributed by atoms with Gasteiger partial charge in [-0.25, -0.2) is 0 Å². The van der Waals surface area contributed by atoms with Crippen LogP contribution < -0.4 is 118 Å². The second kappa shape index (κ2) is 24.4. The quantitative estimate of drug-likeness (QED) is 0.181. The van der Waals surface area contributed by atoms with Gasteiger partial charge >= 0.3 is 118 Å². The molecule has 0 heterocycles. The normalized spacial score (nSPS) is 9.88. The predicted octanol–water partition coefficient (Wildman–Crippen LogP) is -6.22. The summed E-state index contributed by atoms with van der Waals surface area (Å²) in [6.07, 6.45) is 12.3. The summed E-state index contributed by atoms with van der Waals surface area (Å²) >= 11 is 0. The first-order valence-corrected chi connectivity index (χ1v) is 10.0. The van der Waals surface area contributed by atoms with Crippen LogP contribution in [0.5, 0.6) is 0 Å². The first-order chi connectivity index (χ1) is 10.7. The van der Waals surface area contributed by atoms with Crippen LogP contribution in [0.1, 0.15) is 76.8 Å². The maximum Gasteiger partial charge on any atom is 1.00 e. The molecule has 26 heavy (non-hydrogen) atoms. The summed E-state index contributed by atoms with van der Waals surface area (Å²) in [6.45, 7) is 2.52. The molecule has 3 nitrogen and oxygen atoms in total. The number of benzene rings is 1. The molecule has 0 radical (unpaired) electrons. The SMILES string of the molecule is CCCCCCCCCCCCOS(=O)(=O)c1ccccc1.[H-].[H-].[H-].[H-].[Na+].[Na+].[Na+].[Na+]. The Kier molecular flexibility index (Phi) is 34.3. The Morgan fingerprint density at radius 3 is 1.62 bits per heavy atom. The zero-order valence-electron chi connectivity index (χ0n) is 21.8. The molecule has 0 bridgehead atoms. The maximum atomic E-state index is 11.9. The molecule has 1 rings (SSSR count). The summed E-state index contributed by atoms with van der Waals surface area (Å²) in [7, 11) is -3.57. The van der Waals surface area contributed by atoms with Gasteiger partial charge in [0.25, 0.3) is 10.1 Å². The zero-order chi connectivity index (χ0) is 16.1. The Balaban J connectivity index is -0.000000101. The molecule has 0 aromatic heterocycles. The van der Waals surface area contributed by atoms with E-state index in [1.165, 1.54) is 51.4 Å². The van der Waals surface area contributed by atoms with Crippen LogP contribution >= 0.6 is 0 Å². The van der Waals surface area contributed by atoms with Crippen molar-refractivity contribution in [2.45, 2.75) is 76.0 Å². The molecular formula is C18H34Na4O3S. The summed E-state index contributed by atoms with van der Waals surface area (Å²) in [5.74, 6) is 0. The smallest absolute Gasteiger partial charge is 1.00 e. The van der Waals surface area contributed by atoms with Gasteiger partial charge in [0, 0.05) is 0 Å². The van der Waals surface area contributed by atoms with Crippen molar-refractivity contribution in [1.82, 2.24) is 0 Å². The Morgan fingerprint density at radius 1 is 0.731 bits per heavy atom. The molecule has 0 unspecified atom stereocenters. The van der Waals surface area contributed by atoms with E-state index >= 15 is 0 Å². The molecule has 0 fully saturated rings. The van der Waals surface area contributed by atoms with Crippen molar-refractivity contribution in [2.75, 3.05) is 6.61 Å². The maximum absolute atomic E-state index is 11.9. The van der Waals surface area contributed by atoms with Crippen molar-refractivity contribution >= 4 is 10.1 Å². The van der Waals surface area contributed by atoms with E-state index in [9.17, 15) is 8.42 Å². The van der Waals surface area contributed by atoms with Crippen LogP contribution in [0.3, 0.4) is 0 Å². The molecule has 8 heteroatoms. The molecule has 0 saturated heterocycles. The van der Waals surface area contributed by atoms with Gasteiger partial charge in [-0.3, -0.25) is 4.18 Å². The van der Waals surface area contributed by atoms with Gasteiger partial charge in [-0.1, -0.05) is 82.9 Å². The molecule has 0 aliphatic carbocycles. The number of rotatable bonds is 13. The van der Waals surface area contributed by atoms with Crippen LogP contribution in [0, 0.1) is 0 Å². The summed E-state index contributed by atoms with van der Waals surface area (Å²) in [6, 6.07) is 8.33. The number of hydrogen-bond acceptors (Lipinski definition) is 3. The van der Waals surface area contributed by atoms with Crippen LogP contribution in [0.25, 0.3) is 0 Å². The fourth-order valence-corrected chi connectivity index (χ4v) is 3.38. The summed E-state index contributed by atoms with van der Waals surface area (Å²) in [5.41, 5.74) is 0. The first kappa shape index (κ1) is 36.5. The van der Waals surface area contributed by atoms with Crippen molar-refractivity contribution in [2.24, 2.45) is 0 Å². The van der Waals surface area contributed by atoms with Crippen molar-refractivity contribution in [3.05, 3.63) is 30.3 Å². The van der Waals surface area contributed by atoms with E-state index in [-0.39, 0.29) is 135 Å². The number of unbranched alkanes of at least 4 members (excludes halogenated alkanes) is 9. The van der Waals surface area contributed by atoms with Gasteiger partial charge < -0.3 is 5.71 Å². The average molecular weight is 422 g/mol. The Bertz CT molecular complexity index is 501. The predicted molar refractivity (Wildman–Crippen MR) is 95.9 cm³/mol. The Hall–Kier alpha value is 3.13. The van der Waals surface area contributed by atoms with Gasteiger partial charge in [-0.05, 0) is 18.6 Å². The van der Waals surface area contributed by atoms with Gasteiger partial charge in [0.1, 0.15) is 0 Å². The van der Waals surface area contributed by atoms with Crippen LogP contribution in [0.15, 0.2) is 35.2 Å². The Labute approximate surface area is 255 Å². The van der Waals surface area contributed by atoms with E-state index in [1.807, 2.05) is 0 Å². The van der Waals surface area contributed by atoms with E-state index in [4.69, 9.17) is 4.18 Å². The van der Waals surface area contributed by atoms with E-state index in [0.717, 1.165) is 12.8 Å². The Morgan fingerprint density at radius 2 is 1.15 bits per heavy atom. The van der Waals surface area contributed by atoms with Crippen LogP contribution in [0.2, 0.25) is 0 Å². The van der Waals surface area contributed by atoms with Crippen molar-refractivity contribution < 1.29 is 137 Å². The minimum atomic E-state index is -3.57. The molecule has 134 valence electrons. The van der Waals surface area contributed by atoms with Crippen molar-refractivity contribution in [3.8, 4) is 0 Å². The minimum absolute atomic E-state index is 0. The fraction of sp³-hybridized carbons (Fsp3) is 0.667. The van der Waals surface area contributed by atoms with Crippen molar-refractivity contribution in [1.29, 1.82) is 0 Å². The largest absolute Gasteiger partial charge is 1.00 e. The summed E-state index contributed by atoms with van der Waals surface area (Å²) in [4.78, 5) is 0.238. The molecule has 0 aliphatic heterocycles. The van der Waals surface area contributed by atoms with Gasteiger partial charge in [-0.15, -0.1) is 0 Å². The van der Waals surface area contributed by atoms with Crippen LogP contribution in [0.4, 0.5) is 0 Å². The third-order valence-electron chi connectivity index (χ3n) is 3.77. The molecule has 1 aromatic carbocycles. The third-order valence-corrected chi connectivity index (χ3v) is 5.09. The monoisotopic (exact) mass is 422 g/mol. The van der Waals surface area contributed by atoms with E-state index in [2.05, 4.69) is 6.92 Å².